The second-order valence-corrected chi connectivity index (χ2v) is 5.73. The van der Waals surface area contributed by atoms with E-state index < -0.39 is 0 Å². The van der Waals surface area contributed by atoms with Crippen LogP contribution in [0.5, 0.6) is 5.75 Å². The predicted octanol–water partition coefficient (Wildman–Crippen LogP) is 2.55. The van der Waals surface area contributed by atoms with Gasteiger partial charge in [0.25, 0.3) is 0 Å². The van der Waals surface area contributed by atoms with Gasteiger partial charge in [-0.1, -0.05) is 6.07 Å². The molecular weight excluding hydrogens is 288 g/mol. The minimum absolute atomic E-state index is 0.711. The molecule has 124 valence electrons. The lowest BCUT2D eigenvalue weighted by Crippen LogP contribution is -2.38. The molecule has 2 rings (SSSR count). The van der Waals surface area contributed by atoms with Crippen LogP contribution in [0.2, 0.25) is 0 Å². The largest absolute Gasteiger partial charge is 0.497 e. The van der Waals surface area contributed by atoms with Gasteiger partial charge in [-0.15, -0.1) is 0 Å². The number of aliphatic imine (C=N–C) groups is 1. The molecule has 0 bridgehead atoms. The van der Waals surface area contributed by atoms with Crippen LogP contribution in [0.15, 0.2) is 41.5 Å². The van der Waals surface area contributed by atoms with E-state index in [1.54, 1.807) is 14.2 Å². The first kappa shape index (κ1) is 16.9. The second-order valence-electron chi connectivity index (χ2n) is 5.73. The van der Waals surface area contributed by atoms with Gasteiger partial charge in [0.15, 0.2) is 5.96 Å². The Morgan fingerprint density at radius 3 is 2.74 bits per heavy atom. The Balaban J connectivity index is 2.00. The number of methoxy groups -OCH3 is 1. The molecule has 0 aliphatic rings. The van der Waals surface area contributed by atoms with Crippen LogP contribution in [0.3, 0.4) is 0 Å². The highest BCUT2D eigenvalue weighted by Crippen LogP contribution is 2.16. The monoisotopic (exact) mass is 314 g/mol. The van der Waals surface area contributed by atoms with E-state index in [9.17, 15) is 0 Å². The summed E-state index contributed by atoms with van der Waals surface area (Å²) in [5, 5.41) is 3.41. The van der Waals surface area contributed by atoms with Crippen molar-refractivity contribution in [2.24, 2.45) is 12.0 Å². The van der Waals surface area contributed by atoms with Crippen LogP contribution in [-0.4, -0.2) is 36.6 Å². The fourth-order valence-corrected chi connectivity index (χ4v) is 2.59. The number of nitrogens with zero attached hydrogens (tertiary/aromatic N) is 3. The van der Waals surface area contributed by atoms with Gasteiger partial charge in [-0.3, -0.25) is 4.99 Å². The highest BCUT2D eigenvalue weighted by atomic mass is 16.5. The fraction of sp³-hybridized carbons (Fsp3) is 0.389. The van der Waals surface area contributed by atoms with Gasteiger partial charge in [0.2, 0.25) is 0 Å². The number of ether oxygens (including phenoxy) is 1. The van der Waals surface area contributed by atoms with Crippen LogP contribution >= 0.6 is 0 Å². The van der Waals surface area contributed by atoms with Crippen LogP contribution in [0.25, 0.3) is 0 Å². The van der Waals surface area contributed by atoms with Crippen LogP contribution in [-0.2, 0) is 20.1 Å². The number of guanidine groups is 1. The molecule has 1 heterocycles. The van der Waals surface area contributed by atoms with Crippen molar-refractivity contribution in [1.82, 2.24) is 14.8 Å². The van der Waals surface area contributed by atoms with Gasteiger partial charge in [-0.2, -0.15) is 0 Å². The number of hydrogen-bond donors (Lipinski definition) is 1. The first-order chi connectivity index (χ1) is 11.0. The maximum Gasteiger partial charge on any atom is 0.194 e. The third-order valence-corrected chi connectivity index (χ3v) is 3.82. The van der Waals surface area contributed by atoms with Crippen LogP contribution in [0.4, 0.5) is 0 Å². The molecule has 5 heteroatoms. The molecule has 0 spiro atoms. The number of rotatable bonds is 5. The van der Waals surface area contributed by atoms with E-state index in [1.807, 2.05) is 19.2 Å². The third-order valence-electron chi connectivity index (χ3n) is 3.82. The Labute approximate surface area is 138 Å². The molecule has 0 fully saturated rings. The summed E-state index contributed by atoms with van der Waals surface area (Å²) < 4.78 is 7.45. The van der Waals surface area contributed by atoms with E-state index in [2.05, 4.69) is 58.1 Å². The van der Waals surface area contributed by atoms with Crippen molar-refractivity contribution >= 4 is 5.96 Å². The molecular formula is C18H26N4O. The van der Waals surface area contributed by atoms with E-state index in [4.69, 9.17) is 4.74 Å². The average Bonchev–Trinajstić information content (AvgIpc) is 2.92. The zero-order valence-electron chi connectivity index (χ0n) is 14.6. The van der Waals surface area contributed by atoms with Crippen molar-refractivity contribution < 1.29 is 4.74 Å². The maximum atomic E-state index is 5.33. The fourth-order valence-electron chi connectivity index (χ4n) is 2.59. The first-order valence-corrected chi connectivity index (χ1v) is 7.70. The zero-order chi connectivity index (χ0) is 16.8. The quantitative estimate of drug-likeness (QED) is 0.681. The highest BCUT2D eigenvalue weighted by molar-refractivity contribution is 5.79. The van der Waals surface area contributed by atoms with Crippen molar-refractivity contribution in [2.45, 2.75) is 20.0 Å². The molecule has 0 amide bonds. The van der Waals surface area contributed by atoms with Gasteiger partial charge >= 0.3 is 0 Å². The molecule has 1 N–H and O–H groups in total. The Morgan fingerprint density at radius 1 is 1.35 bits per heavy atom. The number of hydrogen-bond acceptors (Lipinski definition) is 2. The van der Waals surface area contributed by atoms with E-state index in [1.165, 1.54) is 16.8 Å². The van der Waals surface area contributed by atoms with Gasteiger partial charge in [0.1, 0.15) is 5.75 Å². The Kier molecular flexibility index (Phi) is 5.68. The van der Waals surface area contributed by atoms with Gasteiger partial charge in [-0.05, 0) is 42.3 Å². The Bertz CT molecular complexity index is 675. The van der Waals surface area contributed by atoms with E-state index in [0.29, 0.717) is 6.54 Å². The Morgan fingerprint density at radius 2 is 2.13 bits per heavy atom. The molecule has 0 unspecified atom stereocenters. The van der Waals surface area contributed by atoms with Gasteiger partial charge < -0.3 is 19.5 Å². The second kappa shape index (κ2) is 7.72. The molecule has 0 aliphatic carbocycles. The van der Waals surface area contributed by atoms with E-state index in [-0.39, 0.29) is 0 Å². The zero-order valence-corrected chi connectivity index (χ0v) is 14.6. The molecule has 0 atom stereocenters. The molecule has 0 saturated carbocycles. The topological polar surface area (TPSA) is 41.8 Å². The van der Waals surface area contributed by atoms with E-state index in [0.717, 1.165) is 18.3 Å². The standard InChI is InChI=1S/C18H26N4O/c1-14-9-15(11-17(10-14)23-5)12-20-18(19-2)22(4)13-16-7-6-8-21(16)3/h6-11H,12-13H2,1-5H3,(H,19,20). The minimum atomic E-state index is 0.711. The van der Waals surface area contributed by atoms with Crippen molar-refractivity contribution in [3.63, 3.8) is 0 Å². The normalized spacial score (nSPS) is 11.4. The molecule has 1 aromatic heterocycles. The lowest BCUT2D eigenvalue weighted by Gasteiger charge is -2.22. The predicted molar refractivity (Wildman–Crippen MR) is 94.8 cm³/mol. The van der Waals surface area contributed by atoms with E-state index >= 15 is 0 Å². The number of aromatic nitrogens is 1. The third kappa shape index (κ3) is 4.52. The highest BCUT2D eigenvalue weighted by Gasteiger charge is 2.08. The smallest absolute Gasteiger partial charge is 0.194 e. The maximum absolute atomic E-state index is 5.33. The van der Waals surface area contributed by atoms with Gasteiger partial charge in [0.05, 0.1) is 13.7 Å². The average molecular weight is 314 g/mol. The molecule has 1 aromatic carbocycles. The molecule has 0 aliphatic heterocycles. The molecule has 2 aromatic rings. The summed E-state index contributed by atoms with van der Waals surface area (Å²) in [6, 6.07) is 10.4. The lowest BCUT2D eigenvalue weighted by atomic mass is 10.1. The SMILES string of the molecule is CN=C(NCc1cc(C)cc(OC)c1)N(C)Cc1cccn1C. The van der Waals surface area contributed by atoms with Crippen molar-refractivity contribution in [3.05, 3.63) is 53.3 Å². The first-order valence-electron chi connectivity index (χ1n) is 7.70. The van der Waals surface area contributed by atoms with Crippen molar-refractivity contribution in [3.8, 4) is 5.75 Å². The van der Waals surface area contributed by atoms with Crippen molar-refractivity contribution in [1.29, 1.82) is 0 Å². The van der Waals surface area contributed by atoms with Crippen LogP contribution < -0.4 is 10.1 Å². The summed E-state index contributed by atoms with van der Waals surface area (Å²) in [4.78, 5) is 6.48. The molecule has 0 saturated heterocycles. The summed E-state index contributed by atoms with van der Waals surface area (Å²) in [7, 11) is 7.59. The molecule has 5 nitrogen and oxygen atoms in total. The summed E-state index contributed by atoms with van der Waals surface area (Å²) >= 11 is 0. The summed E-state index contributed by atoms with van der Waals surface area (Å²) in [6.45, 7) is 3.59. The molecule has 0 radical (unpaired) electrons. The minimum Gasteiger partial charge on any atom is -0.497 e. The number of aryl methyl sites for hydroxylation is 2. The lowest BCUT2D eigenvalue weighted by molar-refractivity contribution is 0.413. The number of benzene rings is 1. The van der Waals surface area contributed by atoms with Crippen LogP contribution in [0.1, 0.15) is 16.8 Å². The summed E-state index contributed by atoms with van der Waals surface area (Å²) in [6.07, 6.45) is 2.05. The number of nitrogens with one attached hydrogen (secondary N) is 1. The summed E-state index contributed by atoms with van der Waals surface area (Å²) in [5.74, 6) is 1.75. The molecule has 23 heavy (non-hydrogen) atoms. The van der Waals surface area contributed by atoms with Crippen LogP contribution in [0, 0.1) is 6.92 Å². The van der Waals surface area contributed by atoms with Crippen molar-refractivity contribution in [2.75, 3.05) is 21.2 Å². The van der Waals surface area contributed by atoms with Gasteiger partial charge in [0, 0.05) is 39.6 Å². The summed E-state index contributed by atoms with van der Waals surface area (Å²) in [5.41, 5.74) is 3.61. The van der Waals surface area contributed by atoms with Gasteiger partial charge in [-0.25, -0.2) is 0 Å². The Hall–Kier alpha value is -2.43.